The maximum atomic E-state index is 11.7. The van der Waals surface area contributed by atoms with Gasteiger partial charge >= 0.3 is 0 Å². The monoisotopic (exact) mass is 253 g/mol. The molecular formula is C12H15NO3S. The van der Waals surface area contributed by atoms with Gasteiger partial charge in [0.15, 0.2) is 9.84 Å². The van der Waals surface area contributed by atoms with Crippen LogP contribution in [0.25, 0.3) is 0 Å². The zero-order valence-electron chi connectivity index (χ0n) is 9.64. The number of rotatable bonds is 3. The van der Waals surface area contributed by atoms with Crippen molar-refractivity contribution in [2.45, 2.75) is 24.2 Å². The highest BCUT2D eigenvalue weighted by molar-refractivity contribution is 7.90. The van der Waals surface area contributed by atoms with Gasteiger partial charge in [-0.05, 0) is 31.0 Å². The van der Waals surface area contributed by atoms with E-state index in [1.165, 1.54) is 12.1 Å². The highest BCUT2D eigenvalue weighted by Gasteiger charge is 2.25. The van der Waals surface area contributed by atoms with E-state index >= 15 is 0 Å². The van der Waals surface area contributed by atoms with Crippen LogP contribution >= 0.6 is 0 Å². The predicted octanol–water partition coefficient (Wildman–Crippen LogP) is 1.83. The summed E-state index contributed by atoms with van der Waals surface area (Å²) < 4.78 is 22.7. The van der Waals surface area contributed by atoms with Gasteiger partial charge in [0, 0.05) is 17.9 Å². The highest BCUT2D eigenvalue weighted by atomic mass is 32.2. The Labute approximate surface area is 101 Å². The second kappa shape index (κ2) is 4.49. The van der Waals surface area contributed by atoms with Crippen molar-refractivity contribution in [3.63, 3.8) is 0 Å². The Bertz CT molecular complexity index is 532. The first-order chi connectivity index (χ1) is 7.97. The largest absolute Gasteiger partial charge is 0.326 e. The van der Waals surface area contributed by atoms with Gasteiger partial charge in [-0.15, -0.1) is 0 Å². The zero-order valence-corrected chi connectivity index (χ0v) is 10.5. The summed E-state index contributed by atoms with van der Waals surface area (Å²) in [5, 5.41) is 2.75. The van der Waals surface area contributed by atoms with Crippen LogP contribution in [0, 0.1) is 5.92 Å². The topological polar surface area (TPSA) is 63.2 Å². The Kier molecular flexibility index (Phi) is 3.19. The van der Waals surface area contributed by atoms with Gasteiger partial charge in [0.25, 0.3) is 0 Å². The van der Waals surface area contributed by atoms with Crippen LogP contribution in [-0.2, 0) is 14.6 Å². The van der Waals surface area contributed by atoms with Crippen LogP contribution in [-0.4, -0.2) is 20.6 Å². The lowest BCUT2D eigenvalue weighted by molar-refractivity contribution is -0.122. The van der Waals surface area contributed by atoms with Crippen LogP contribution in [0.15, 0.2) is 29.2 Å². The van der Waals surface area contributed by atoms with Crippen molar-refractivity contribution in [3.8, 4) is 0 Å². The molecule has 1 aliphatic carbocycles. The van der Waals surface area contributed by atoms with Gasteiger partial charge in [0.1, 0.15) is 0 Å². The first kappa shape index (κ1) is 12.1. The molecular weight excluding hydrogens is 238 g/mol. The Morgan fingerprint density at radius 2 is 2.06 bits per heavy atom. The summed E-state index contributed by atoms with van der Waals surface area (Å²) in [7, 11) is -3.22. The summed E-state index contributed by atoms with van der Waals surface area (Å²) >= 11 is 0. The molecule has 1 aromatic carbocycles. The van der Waals surface area contributed by atoms with E-state index in [1.807, 2.05) is 0 Å². The maximum absolute atomic E-state index is 11.7. The van der Waals surface area contributed by atoms with E-state index in [0.29, 0.717) is 5.69 Å². The lowest BCUT2D eigenvalue weighted by Crippen LogP contribution is -2.28. The number of carbonyl (C=O) groups excluding carboxylic acids is 1. The van der Waals surface area contributed by atoms with Crippen molar-refractivity contribution < 1.29 is 13.2 Å². The SMILES string of the molecule is CS(=O)(=O)c1cccc(NC(=O)C2CCC2)c1. The van der Waals surface area contributed by atoms with Gasteiger partial charge in [-0.25, -0.2) is 8.42 Å². The molecule has 0 bridgehead atoms. The lowest BCUT2D eigenvalue weighted by atomic mass is 9.85. The van der Waals surface area contributed by atoms with Crippen LogP contribution in [0.2, 0.25) is 0 Å². The van der Waals surface area contributed by atoms with E-state index in [1.54, 1.807) is 12.1 Å². The van der Waals surface area contributed by atoms with Crippen molar-refractivity contribution in [2.75, 3.05) is 11.6 Å². The lowest BCUT2D eigenvalue weighted by Gasteiger charge is -2.24. The van der Waals surface area contributed by atoms with E-state index in [0.717, 1.165) is 25.5 Å². The minimum atomic E-state index is -3.22. The second-order valence-electron chi connectivity index (χ2n) is 4.42. The van der Waals surface area contributed by atoms with Crippen LogP contribution in [0.1, 0.15) is 19.3 Å². The molecule has 0 radical (unpaired) electrons. The molecule has 0 aliphatic heterocycles. The third-order valence-electron chi connectivity index (χ3n) is 3.01. The molecule has 4 nitrogen and oxygen atoms in total. The third kappa shape index (κ3) is 2.85. The minimum Gasteiger partial charge on any atom is -0.326 e. The first-order valence-electron chi connectivity index (χ1n) is 5.58. The highest BCUT2D eigenvalue weighted by Crippen LogP contribution is 2.27. The second-order valence-corrected chi connectivity index (χ2v) is 6.43. The molecule has 0 aromatic heterocycles. The average Bonchev–Trinajstić information content (AvgIpc) is 2.13. The van der Waals surface area contributed by atoms with Crippen LogP contribution in [0.4, 0.5) is 5.69 Å². The fraction of sp³-hybridized carbons (Fsp3) is 0.417. The molecule has 0 unspecified atom stereocenters. The Hall–Kier alpha value is -1.36. The number of sulfone groups is 1. The minimum absolute atomic E-state index is 0.0121. The summed E-state index contributed by atoms with van der Waals surface area (Å²) in [6.07, 6.45) is 4.11. The summed E-state index contributed by atoms with van der Waals surface area (Å²) in [6, 6.07) is 6.35. The molecule has 1 saturated carbocycles. The Balaban J connectivity index is 2.13. The van der Waals surface area contributed by atoms with E-state index < -0.39 is 9.84 Å². The summed E-state index contributed by atoms with van der Waals surface area (Å²) in [5.41, 5.74) is 0.546. The predicted molar refractivity (Wildman–Crippen MR) is 65.5 cm³/mol. The van der Waals surface area contributed by atoms with Crippen molar-refractivity contribution in [1.29, 1.82) is 0 Å². The molecule has 0 atom stereocenters. The molecule has 0 spiro atoms. The normalized spacial score (nSPS) is 16.3. The third-order valence-corrected chi connectivity index (χ3v) is 4.12. The molecule has 1 aromatic rings. The van der Waals surface area contributed by atoms with Crippen molar-refractivity contribution >= 4 is 21.4 Å². The maximum Gasteiger partial charge on any atom is 0.227 e. The summed E-state index contributed by atoms with van der Waals surface area (Å²) in [5.74, 6) is 0.0822. The van der Waals surface area contributed by atoms with Crippen molar-refractivity contribution in [3.05, 3.63) is 24.3 Å². The standard InChI is InChI=1S/C12H15NO3S/c1-17(15,16)11-7-3-6-10(8-11)13-12(14)9-4-2-5-9/h3,6-9H,2,4-5H2,1H3,(H,13,14). The summed E-state index contributed by atoms with van der Waals surface area (Å²) in [4.78, 5) is 11.9. The molecule has 0 saturated heterocycles. The number of nitrogens with one attached hydrogen (secondary N) is 1. The Morgan fingerprint density at radius 3 is 2.59 bits per heavy atom. The van der Waals surface area contributed by atoms with Gasteiger partial charge in [-0.3, -0.25) is 4.79 Å². The van der Waals surface area contributed by atoms with E-state index in [9.17, 15) is 13.2 Å². The molecule has 1 fully saturated rings. The van der Waals surface area contributed by atoms with Crippen LogP contribution < -0.4 is 5.32 Å². The fourth-order valence-corrected chi connectivity index (χ4v) is 2.39. The zero-order chi connectivity index (χ0) is 12.5. The number of anilines is 1. The Morgan fingerprint density at radius 1 is 1.35 bits per heavy atom. The molecule has 92 valence electrons. The van der Waals surface area contributed by atoms with Gasteiger partial charge in [0.05, 0.1) is 4.90 Å². The van der Waals surface area contributed by atoms with E-state index in [4.69, 9.17) is 0 Å². The molecule has 1 aliphatic rings. The summed E-state index contributed by atoms with van der Waals surface area (Å²) in [6.45, 7) is 0. The molecule has 2 rings (SSSR count). The average molecular weight is 253 g/mol. The quantitative estimate of drug-likeness (QED) is 0.893. The van der Waals surface area contributed by atoms with Crippen molar-refractivity contribution in [2.24, 2.45) is 5.92 Å². The van der Waals surface area contributed by atoms with Gasteiger partial charge in [-0.2, -0.15) is 0 Å². The molecule has 0 heterocycles. The molecule has 1 amide bonds. The molecule has 1 N–H and O–H groups in total. The number of hydrogen-bond donors (Lipinski definition) is 1. The first-order valence-corrected chi connectivity index (χ1v) is 7.47. The molecule has 17 heavy (non-hydrogen) atoms. The van der Waals surface area contributed by atoms with Gasteiger partial charge in [-0.1, -0.05) is 12.5 Å². The van der Waals surface area contributed by atoms with Crippen LogP contribution in [0.3, 0.4) is 0 Å². The van der Waals surface area contributed by atoms with Gasteiger partial charge in [0.2, 0.25) is 5.91 Å². The molecule has 5 heteroatoms. The van der Waals surface area contributed by atoms with Gasteiger partial charge < -0.3 is 5.32 Å². The van der Waals surface area contributed by atoms with Crippen molar-refractivity contribution in [1.82, 2.24) is 0 Å². The number of carbonyl (C=O) groups is 1. The number of hydrogen-bond acceptors (Lipinski definition) is 3. The smallest absolute Gasteiger partial charge is 0.227 e. The van der Waals surface area contributed by atoms with E-state index in [-0.39, 0.29) is 16.7 Å². The number of amides is 1. The fourth-order valence-electron chi connectivity index (χ4n) is 1.72. The van der Waals surface area contributed by atoms with Crippen LogP contribution in [0.5, 0.6) is 0 Å². The van der Waals surface area contributed by atoms with E-state index in [2.05, 4.69) is 5.32 Å². The number of benzene rings is 1.